The lowest BCUT2D eigenvalue weighted by molar-refractivity contribution is 0.357. The van der Waals surface area contributed by atoms with Gasteiger partial charge in [0.05, 0.1) is 6.61 Å². The second-order valence-corrected chi connectivity index (χ2v) is 13.6. The Kier molecular flexibility index (Phi) is 15.7. The summed E-state index contributed by atoms with van der Waals surface area (Å²) in [5, 5.41) is 8.87. The summed E-state index contributed by atoms with van der Waals surface area (Å²) in [5.74, 6) is 0.104. The van der Waals surface area contributed by atoms with Crippen molar-refractivity contribution >= 4 is 46.0 Å². The second-order valence-electron chi connectivity index (χ2n) is 5.64. The maximum absolute atomic E-state index is 12.0. The molecule has 0 atom stereocenters. The average molecular weight is 465 g/mol. The van der Waals surface area contributed by atoms with Crippen LogP contribution >= 0.6 is 40.1 Å². The van der Waals surface area contributed by atoms with Crippen LogP contribution in [0.3, 0.4) is 0 Å². The summed E-state index contributed by atoms with van der Waals surface area (Å²) in [5.41, 5.74) is 1.02. The number of nitriles is 1. The molecule has 158 valence electrons. The van der Waals surface area contributed by atoms with Crippen molar-refractivity contribution in [3.05, 3.63) is 29.0 Å². The lowest BCUT2D eigenvalue weighted by Gasteiger charge is -2.17. The van der Waals surface area contributed by atoms with Gasteiger partial charge in [0, 0.05) is 31.3 Å². The number of amidine groups is 1. The molecule has 0 bridgehead atoms. The van der Waals surface area contributed by atoms with Crippen LogP contribution < -0.4 is 0 Å². The molecule has 0 aliphatic rings. The number of pyridine rings is 1. The Balaban J connectivity index is 0.000000528. The molecule has 0 fully saturated rings. The molecule has 6 nitrogen and oxygen atoms in total. The molecule has 0 amide bonds. The van der Waals surface area contributed by atoms with Gasteiger partial charge in [-0.1, -0.05) is 54.3 Å². The van der Waals surface area contributed by atoms with Gasteiger partial charge in [0.15, 0.2) is 0 Å². The van der Waals surface area contributed by atoms with E-state index in [-0.39, 0.29) is 0 Å². The van der Waals surface area contributed by atoms with Gasteiger partial charge in [-0.15, -0.1) is 0 Å². The van der Waals surface area contributed by atoms with Gasteiger partial charge in [0.2, 0.25) is 6.19 Å². The molecule has 1 rings (SSSR count). The smallest absolute Gasteiger partial charge is 0.313 e. The fraction of sp³-hybridized carbons (Fsp3) is 0.611. The van der Waals surface area contributed by atoms with E-state index >= 15 is 0 Å². The topological polar surface area (TPSA) is 78.6 Å². The minimum atomic E-state index is -2.42. The highest BCUT2D eigenvalue weighted by atomic mass is 35.5. The first-order chi connectivity index (χ1) is 13.3. The fourth-order valence-corrected chi connectivity index (χ4v) is 8.94. The third kappa shape index (κ3) is 12.7. The second kappa shape index (κ2) is 16.1. The largest absolute Gasteiger partial charge is 0.358 e. The highest BCUT2D eigenvalue weighted by Crippen LogP contribution is 2.69. The van der Waals surface area contributed by atoms with Crippen molar-refractivity contribution < 1.29 is 9.09 Å². The Morgan fingerprint density at radius 3 is 2.36 bits per heavy atom. The summed E-state index contributed by atoms with van der Waals surface area (Å²) in [4.78, 5) is 9.48. The van der Waals surface area contributed by atoms with Crippen LogP contribution in [-0.2, 0) is 15.6 Å². The van der Waals surface area contributed by atoms with Crippen LogP contribution in [0.5, 0.6) is 0 Å². The SMILES string of the molecule is CC(=NC#N)N(C)Cc1ccc(Cl)nc1.CCCSP(=O)(OCC)SCCC. The molecule has 0 aromatic carbocycles. The quantitative estimate of drug-likeness (QED) is 0.129. The van der Waals surface area contributed by atoms with Gasteiger partial charge >= 0.3 is 5.77 Å². The van der Waals surface area contributed by atoms with E-state index in [1.807, 2.05) is 24.9 Å². The van der Waals surface area contributed by atoms with E-state index in [0.717, 1.165) is 29.9 Å². The minimum Gasteiger partial charge on any atom is -0.358 e. The highest BCUT2D eigenvalue weighted by molar-refractivity contribution is 8.89. The van der Waals surface area contributed by atoms with Crippen molar-refractivity contribution in [1.29, 1.82) is 5.26 Å². The molecule has 0 aliphatic heterocycles. The van der Waals surface area contributed by atoms with Crippen molar-refractivity contribution in [2.24, 2.45) is 4.99 Å². The molecule has 1 heterocycles. The third-order valence-electron chi connectivity index (χ3n) is 3.17. The number of halogens is 1. The molecule has 0 unspecified atom stereocenters. The summed E-state index contributed by atoms with van der Waals surface area (Å²) in [6.45, 7) is 9.06. The van der Waals surface area contributed by atoms with Gasteiger partial charge in [0.1, 0.15) is 11.0 Å². The van der Waals surface area contributed by atoms with E-state index in [2.05, 4.69) is 23.8 Å². The van der Waals surface area contributed by atoms with Gasteiger partial charge in [0.25, 0.3) is 0 Å². The molecule has 0 N–H and O–H groups in total. The Morgan fingerprint density at radius 1 is 1.32 bits per heavy atom. The lowest BCUT2D eigenvalue weighted by atomic mass is 10.3. The lowest BCUT2D eigenvalue weighted by Crippen LogP contribution is -2.23. The fourth-order valence-electron chi connectivity index (χ4n) is 1.72. The summed E-state index contributed by atoms with van der Waals surface area (Å²) in [6, 6.07) is 3.63. The van der Waals surface area contributed by atoms with Crippen LogP contribution in [0.15, 0.2) is 23.3 Å². The number of hydrogen-bond acceptors (Lipinski definition) is 7. The number of rotatable bonds is 10. The van der Waals surface area contributed by atoms with E-state index in [1.54, 1.807) is 25.4 Å². The zero-order chi connectivity index (χ0) is 21.4. The molecular weight excluding hydrogens is 435 g/mol. The predicted molar refractivity (Wildman–Crippen MR) is 124 cm³/mol. The standard InChI is InChI=1S/C10H11ClN4.C8H19O2PS2/c1-8(14-7-12)15(2)6-9-3-4-10(11)13-5-9;1-4-7-12-11(9,10-6-3)13-8-5-2/h3-5H,6H2,1-2H3;4-8H2,1-3H3. The van der Waals surface area contributed by atoms with Crippen LogP contribution in [0, 0.1) is 11.5 Å². The van der Waals surface area contributed by atoms with E-state index in [9.17, 15) is 4.57 Å². The highest BCUT2D eigenvalue weighted by Gasteiger charge is 2.22. The molecule has 0 radical (unpaired) electrons. The van der Waals surface area contributed by atoms with Crippen molar-refractivity contribution in [3.8, 4) is 6.19 Å². The van der Waals surface area contributed by atoms with Crippen molar-refractivity contribution in [3.63, 3.8) is 0 Å². The van der Waals surface area contributed by atoms with Crippen LogP contribution in [0.2, 0.25) is 5.15 Å². The molecule has 1 aromatic rings. The normalized spacial score (nSPS) is 11.4. The Labute approximate surface area is 182 Å². The van der Waals surface area contributed by atoms with Crippen molar-refractivity contribution in [2.45, 2.75) is 47.1 Å². The zero-order valence-electron chi connectivity index (χ0n) is 17.2. The summed E-state index contributed by atoms with van der Waals surface area (Å²) in [7, 11) is 1.87. The molecule has 0 spiro atoms. The maximum atomic E-state index is 12.0. The third-order valence-corrected chi connectivity index (χ3v) is 11.3. The van der Waals surface area contributed by atoms with Crippen molar-refractivity contribution in [2.75, 3.05) is 25.2 Å². The first-order valence-corrected chi connectivity index (χ1v) is 14.3. The number of aliphatic imine (C=N–C) groups is 1. The summed E-state index contributed by atoms with van der Waals surface area (Å²) < 4.78 is 17.3. The van der Waals surface area contributed by atoms with Crippen LogP contribution in [-0.4, -0.2) is 40.9 Å². The van der Waals surface area contributed by atoms with Crippen LogP contribution in [0.4, 0.5) is 0 Å². The molecule has 0 saturated carbocycles. The molecule has 0 saturated heterocycles. The zero-order valence-corrected chi connectivity index (χ0v) is 20.5. The Hall–Kier alpha value is -0.710. The van der Waals surface area contributed by atoms with E-state index < -0.39 is 5.77 Å². The van der Waals surface area contributed by atoms with Crippen LogP contribution in [0.25, 0.3) is 0 Å². The van der Waals surface area contributed by atoms with Crippen LogP contribution in [0.1, 0.15) is 46.1 Å². The minimum absolute atomic E-state index is 0.476. The monoisotopic (exact) mass is 464 g/mol. The number of aromatic nitrogens is 1. The first kappa shape index (κ1) is 27.3. The van der Waals surface area contributed by atoms with E-state index in [0.29, 0.717) is 24.1 Å². The number of hydrogen-bond donors (Lipinski definition) is 0. The molecular formula is C18H30ClN4O2PS2. The summed E-state index contributed by atoms with van der Waals surface area (Å²) in [6.07, 6.45) is 5.56. The van der Waals surface area contributed by atoms with Gasteiger partial charge in [-0.25, -0.2) is 4.98 Å². The number of nitrogens with zero attached hydrogens (tertiary/aromatic N) is 4. The van der Waals surface area contributed by atoms with E-state index in [1.165, 1.54) is 22.8 Å². The Morgan fingerprint density at radius 2 is 1.93 bits per heavy atom. The molecule has 10 heteroatoms. The average Bonchev–Trinajstić information content (AvgIpc) is 2.67. The maximum Gasteiger partial charge on any atom is 0.313 e. The Bertz CT molecular complexity index is 657. The predicted octanol–water partition coefficient (Wildman–Crippen LogP) is 6.48. The van der Waals surface area contributed by atoms with Gasteiger partial charge in [-0.2, -0.15) is 10.3 Å². The first-order valence-electron chi connectivity index (χ1n) is 9.10. The van der Waals surface area contributed by atoms with E-state index in [4.69, 9.17) is 21.4 Å². The van der Waals surface area contributed by atoms with Gasteiger partial charge in [-0.05, 0) is 38.3 Å². The molecule has 0 aliphatic carbocycles. The molecule has 28 heavy (non-hydrogen) atoms. The van der Waals surface area contributed by atoms with Gasteiger partial charge in [-0.3, -0.25) is 4.57 Å². The van der Waals surface area contributed by atoms with Gasteiger partial charge < -0.3 is 9.42 Å². The molecule has 1 aromatic heterocycles. The van der Waals surface area contributed by atoms with Crippen molar-refractivity contribution in [1.82, 2.24) is 9.88 Å². The summed E-state index contributed by atoms with van der Waals surface area (Å²) >= 11 is 8.64.